The molecule has 1 aliphatic rings. The van der Waals surface area contributed by atoms with Gasteiger partial charge < -0.3 is 5.11 Å². The van der Waals surface area contributed by atoms with Crippen LogP contribution in [0.15, 0.2) is 17.5 Å². The largest absolute Gasteiger partial charge is 0.386 e. The van der Waals surface area contributed by atoms with Crippen molar-refractivity contribution >= 4 is 21.2 Å². The van der Waals surface area contributed by atoms with Gasteiger partial charge in [0.2, 0.25) is 0 Å². The number of sulfone groups is 1. The Labute approximate surface area is 93.7 Å². The Hall–Kier alpha value is -0.390. The molecule has 1 aromatic heterocycles. The molecule has 1 N–H and O–H groups in total. The molecule has 15 heavy (non-hydrogen) atoms. The first-order valence-corrected chi connectivity index (χ1v) is 7.64. The summed E-state index contributed by atoms with van der Waals surface area (Å²) in [5, 5.41) is 11.3. The molecule has 2 unspecified atom stereocenters. The summed E-state index contributed by atoms with van der Waals surface area (Å²) in [5.41, 5.74) is 0. The summed E-state index contributed by atoms with van der Waals surface area (Å²) >= 11 is 1.41. The number of aliphatic hydroxyl groups excluding tert-OH is 1. The molecule has 0 saturated carbocycles. The Morgan fingerprint density at radius 2 is 2.27 bits per heavy atom. The Morgan fingerprint density at radius 3 is 2.87 bits per heavy atom. The Balaban J connectivity index is 2.23. The topological polar surface area (TPSA) is 54.4 Å². The Morgan fingerprint density at radius 1 is 1.47 bits per heavy atom. The highest BCUT2D eigenvalue weighted by atomic mass is 32.2. The van der Waals surface area contributed by atoms with Gasteiger partial charge in [-0.2, -0.15) is 0 Å². The molecule has 0 spiro atoms. The number of rotatable bonds is 2. The second-order valence-electron chi connectivity index (χ2n) is 3.86. The first-order valence-electron chi connectivity index (χ1n) is 5.04. The summed E-state index contributed by atoms with van der Waals surface area (Å²) in [6, 6.07) is 3.62. The molecular weight excluding hydrogens is 232 g/mol. The van der Waals surface area contributed by atoms with Gasteiger partial charge in [-0.05, 0) is 24.3 Å². The lowest BCUT2D eigenvalue weighted by Crippen LogP contribution is -2.33. The quantitative estimate of drug-likeness (QED) is 0.865. The van der Waals surface area contributed by atoms with Crippen LogP contribution in [-0.4, -0.2) is 24.5 Å². The molecule has 84 valence electrons. The van der Waals surface area contributed by atoms with Crippen LogP contribution in [0.3, 0.4) is 0 Å². The lowest BCUT2D eigenvalue weighted by atomic mass is 10.1. The molecule has 0 amide bonds. The predicted molar refractivity (Wildman–Crippen MR) is 60.7 cm³/mol. The third kappa shape index (κ3) is 2.24. The van der Waals surface area contributed by atoms with E-state index in [-0.39, 0.29) is 5.75 Å². The van der Waals surface area contributed by atoms with Gasteiger partial charge in [-0.3, -0.25) is 0 Å². The lowest BCUT2D eigenvalue weighted by Gasteiger charge is -2.25. The first-order chi connectivity index (χ1) is 7.11. The van der Waals surface area contributed by atoms with Gasteiger partial charge in [0.15, 0.2) is 9.84 Å². The zero-order chi connectivity index (χ0) is 10.9. The van der Waals surface area contributed by atoms with Gasteiger partial charge in [0.1, 0.15) is 6.10 Å². The summed E-state index contributed by atoms with van der Waals surface area (Å²) in [5.74, 6) is 0.222. The maximum Gasteiger partial charge on any atom is 0.156 e. The van der Waals surface area contributed by atoms with E-state index in [4.69, 9.17) is 0 Å². The number of aliphatic hydroxyl groups is 1. The van der Waals surface area contributed by atoms with Crippen LogP contribution in [0, 0.1) is 0 Å². The van der Waals surface area contributed by atoms with Crippen LogP contribution in [0.4, 0.5) is 0 Å². The van der Waals surface area contributed by atoms with Crippen LogP contribution in [-0.2, 0) is 9.84 Å². The van der Waals surface area contributed by atoms with E-state index in [1.807, 2.05) is 11.4 Å². The molecule has 1 fully saturated rings. The number of hydrogen-bond donors (Lipinski definition) is 1. The van der Waals surface area contributed by atoms with Crippen LogP contribution in [0.25, 0.3) is 0 Å². The highest BCUT2D eigenvalue weighted by Gasteiger charge is 2.35. The van der Waals surface area contributed by atoms with Gasteiger partial charge in [0.05, 0.1) is 11.0 Å². The minimum Gasteiger partial charge on any atom is -0.386 e. The van der Waals surface area contributed by atoms with E-state index < -0.39 is 21.2 Å². The lowest BCUT2D eigenvalue weighted by molar-refractivity contribution is 0.168. The fourth-order valence-corrected chi connectivity index (χ4v) is 4.81. The zero-order valence-electron chi connectivity index (χ0n) is 8.30. The average molecular weight is 246 g/mol. The molecular formula is C10H14O3S2. The SMILES string of the molecule is O=S1(=O)CCCCC1C(O)c1cccs1. The third-order valence-electron chi connectivity index (χ3n) is 2.82. The smallest absolute Gasteiger partial charge is 0.156 e. The molecule has 0 radical (unpaired) electrons. The van der Waals surface area contributed by atoms with Crippen LogP contribution in [0.2, 0.25) is 0 Å². The average Bonchev–Trinajstić information content (AvgIpc) is 2.69. The molecule has 2 heterocycles. The van der Waals surface area contributed by atoms with Crippen molar-refractivity contribution in [3.05, 3.63) is 22.4 Å². The van der Waals surface area contributed by atoms with Crippen molar-refractivity contribution in [1.29, 1.82) is 0 Å². The minimum atomic E-state index is -3.09. The highest BCUT2D eigenvalue weighted by Crippen LogP contribution is 2.32. The molecule has 1 aromatic rings. The van der Waals surface area contributed by atoms with Crippen LogP contribution >= 0.6 is 11.3 Å². The molecule has 5 heteroatoms. The monoisotopic (exact) mass is 246 g/mol. The van der Waals surface area contributed by atoms with E-state index in [1.165, 1.54) is 11.3 Å². The van der Waals surface area contributed by atoms with Crippen molar-refractivity contribution < 1.29 is 13.5 Å². The van der Waals surface area contributed by atoms with E-state index in [0.29, 0.717) is 6.42 Å². The van der Waals surface area contributed by atoms with Gasteiger partial charge in [-0.1, -0.05) is 12.5 Å². The number of hydrogen-bond acceptors (Lipinski definition) is 4. The van der Waals surface area contributed by atoms with Crippen LogP contribution < -0.4 is 0 Å². The Bertz CT molecular complexity index is 408. The van der Waals surface area contributed by atoms with Gasteiger partial charge in [-0.15, -0.1) is 11.3 Å². The van der Waals surface area contributed by atoms with E-state index in [0.717, 1.165) is 17.7 Å². The van der Waals surface area contributed by atoms with Crippen molar-refractivity contribution in [3.63, 3.8) is 0 Å². The standard InChI is InChI=1S/C10H14O3S2/c11-10(8-4-3-6-14-8)9-5-1-2-7-15(9,12)13/h3-4,6,9-11H,1-2,5,7H2. The van der Waals surface area contributed by atoms with Crippen molar-refractivity contribution in [2.24, 2.45) is 0 Å². The summed E-state index contributed by atoms with van der Waals surface area (Å²) < 4.78 is 23.5. The Kier molecular flexibility index (Phi) is 3.13. The highest BCUT2D eigenvalue weighted by molar-refractivity contribution is 7.92. The summed E-state index contributed by atoms with van der Waals surface area (Å²) in [7, 11) is -3.09. The summed E-state index contributed by atoms with van der Waals surface area (Å²) in [4.78, 5) is 0.755. The molecule has 3 nitrogen and oxygen atoms in total. The summed E-state index contributed by atoms with van der Waals surface area (Å²) in [6.45, 7) is 0. The molecule has 2 rings (SSSR count). The van der Waals surface area contributed by atoms with Crippen molar-refractivity contribution in [2.75, 3.05) is 5.75 Å². The zero-order valence-corrected chi connectivity index (χ0v) is 9.93. The minimum absolute atomic E-state index is 0.222. The molecule has 0 aliphatic carbocycles. The molecule has 1 aliphatic heterocycles. The molecule has 0 aromatic carbocycles. The van der Waals surface area contributed by atoms with Crippen LogP contribution in [0.1, 0.15) is 30.2 Å². The van der Waals surface area contributed by atoms with Crippen molar-refractivity contribution in [1.82, 2.24) is 0 Å². The second-order valence-corrected chi connectivity index (χ2v) is 7.18. The van der Waals surface area contributed by atoms with Crippen LogP contribution in [0.5, 0.6) is 0 Å². The second kappa shape index (κ2) is 4.23. The summed E-state index contributed by atoms with van der Waals surface area (Å²) in [6.07, 6.45) is 1.37. The number of thiophene rings is 1. The molecule has 2 atom stereocenters. The first kappa shape index (κ1) is 11.1. The molecule has 0 bridgehead atoms. The van der Waals surface area contributed by atoms with Gasteiger partial charge in [0, 0.05) is 4.88 Å². The molecule has 1 saturated heterocycles. The van der Waals surface area contributed by atoms with Gasteiger partial charge in [0.25, 0.3) is 0 Å². The van der Waals surface area contributed by atoms with E-state index >= 15 is 0 Å². The predicted octanol–water partition coefficient (Wildman–Crippen LogP) is 1.75. The maximum atomic E-state index is 11.8. The van der Waals surface area contributed by atoms with Gasteiger partial charge in [-0.25, -0.2) is 8.42 Å². The van der Waals surface area contributed by atoms with Crippen molar-refractivity contribution in [3.8, 4) is 0 Å². The van der Waals surface area contributed by atoms with E-state index in [2.05, 4.69) is 0 Å². The fraction of sp³-hybridized carbons (Fsp3) is 0.600. The maximum absolute atomic E-state index is 11.8. The third-order valence-corrected chi connectivity index (χ3v) is 6.03. The normalized spacial score (nSPS) is 27.4. The van der Waals surface area contributed by atoms with Crippen molar-refractivity contribution in [2.45, 2.75) is 30.6 Å². The van der Waals surface area contributed by atoms with E-state index in [9.17, 15) is 13.5 Å². The van der Waals surface area contributed by atoms with Gasteiger partial charge >= 0.3 is 0 Å². The fourth-order valence-electron chi connectivity index (χ4n) is 1.98. The van der Waals surface area contributed by atoms with E-state index in [1.54, 1.807) is 6.07 Å².